The van der Waals surface area contributed by atoms with Gasteiger partial charge in [0.15, 0.2) is 0 Å². The van der Waals surface area contributed by atoms with Crippen LogP contribution in [0.4, 0.5) is 0 Å². The van der Waals surface area contributed by atoms with E-state index in [4.69, 9.17) is 0 Å². The molecule has 0 aliphatic carbocycles. The van der Waals surface area contributed by atoms with Crippen LogP contribution in [0.1, 0.15) is 201 Å². The highest BCUT2D eigenvalue weighted by atomic mass is 32.1. The van der Waals surface area contributed by atoms with Gasteiger partial charge in [-0.1, -0.05) is 208 Å². The van der Waals surface area contributed by atoms with Gasteiger partial charge in [0.25, 0.3) is 0 Å². The zero-order chi connectivity index (χ0) is 42.8. The molecule has 2 heterocycles. The van der Waals surface area contributed by atoms with E-state index in [9.17, 15) is 0 Å². The summed E-state index contributed by atoms with van der Waals surface area (Å²) in [5.74, 6) is 5.02. The summed E-state index contributed by atoms with van der Waals surface area (Å²) >= 11 is 3.91. The van der Waals surface area contributed by atoms with Crippen LogP contribution < -0.4 is 0 Å². The molecule has 310 valence electrons. The maximum Gasteiger partial charge on any atom is 0.0456 e. The lowest BCUT2D eigenvalue weighted by Crippen LogP contribution is -1.95. The zero-order valence-electron chi connectivity index (χ0n) is 38.8. The minimum atomic E-state index is 0.589. The molecular formula is C56H74S2. The molecule has 0 saturated heterocycles. The second-order valence-corrected chi connectivity index (χ2v) is 20.8. The Bertz CT molecular complexity index is 2110. The summed E-state index contributed by atoms with van der Waals surface area (Å²) in [5, 5.41) is 5.55. The predicted molar refractivity (Wildman–Crippen MR) is 267 cm³/mol. The Balaban J connectivity index is 0.000000172. The summed E-state index contributed by atoms with van der Waals surface area (Å²) < 4.78 is 2.95. The van der Waals surface area contributed by atoms with Gasteiger partial charge in [-0.25, -0.2) is 0 Å². The number of hydrogen-bond donors (Lipinski definition) is 0. The first-order chi connectivity index (χ1) is 27.4. The number of thiophene rings is 2. The molecule has 7 aromatic rings. The molecule has 0 amide bonds. The largest absolute Gasteiger partial charge is 0.139 e. The molecule has 0 N–H and O–H groups in total. The molecular weight excluding hydrogens is 737 g/mol. The van der Waals surface area contributed by atoms with Crippen LogP contribution >= 0.6 is 22.7 Å². The van der Waals surface area contributed by atoms with Gasteiger partial charge in [0.05, 0.1) is 0 Å². The second kappa shape index (κ2) is 21.5. The Morgan fingerprint density at radius 1 is 0.293 bits per heavy atom. The molecule has 0 aliphatic rings. The van der Waals surface area contributed by atoms with Crippen LogP contribution in [0.5, 0.6) is 0 Å². The molecule has 0 nitrogen and oxygen atoms in total. The number of rotatable bonds is 8. The first-order valence-electron chi connectivity index (χ1n) is 22.1. The molecule has 0 fully saturated rings. The van der Waals surface area contributed by atoms with Gasteiger partial charge in [-0.2, -0.15) is 0 Å². The van der Waals surface area contributed by atoms with Crippen molar-refractivity contribution in [2.24, 2.45) is 0 Å². The quantitative estimate of drug-likeness (QED) is 0.143. The van der Waals surface area contributed by atoms with Gasteiger partial charge >= 0.3 is 0 Å². The highest BCUT2D eigenvalue weighted by Crippen LogP contribution is 2.38. The first-order valence-corrected chi connectivity index (χ1v) is 23.7. The maximum absolute atomic E-state index is 2.36. The molecule has 0 unspecified atom stereocenters. The van der Waals surface area contributed by atoms with Crippen molar-refractivity contribution in [2.45, 2.75) is 158 Å². The minimum absolute atomic E-state index is 0.589. The van der Waals surface area contributed by atoms with Gasteiger partial charge < -0.3 is 0 Å². The van der Waals surface area contributed by atoms with Crippen molar-refractivity contribution in [3.05, 3.63) is 152 Å². The number of benzene rings is 5. The van der Waals surface area contributed by atoms with Crippen molar-refractivity contribution in [3.8, 4) is 0 Å². The summed E-state index contributed by atoms with van der Waals surface area (Å²) in [6, 6.07) is 40.6. The van der Waals surface area contributed by atoms with Crippen molar-refractivity contribution < 1.29 is 0 Å². The Kier molecular flexibility index (Phi) is 17.4. The molecule has 0 saturated carbocycles. The summed E-state index contributed by atoms with van der Waals surface area (Å²) in [6.07, 6.45) is 0. The van der Waals surface area contributed by atoms with Gasteiger partial charge in [-0.3, -0.25) is 0 Å². The van der Waals surface area contributed by atoms with Crippen LogP contribution in [0.15, 0.2) is 109 Å². The number of hydrogen-bond acceptors (Lipinski definition) is 2. The van der Waals surface area contributed by atoms with E-state index in [0.29, 0.717) is 47.3 Å². The average Bonchev–Trinajstić information content (AvgIpc) is 3.79. The minimum Gasteiger partial charge on any atom is -0.139 e. The van der Waals surface area contributed by atoms with E-state index in [1.165, 1.54) is 74.1 Å². The van der Waals surface area contributed by atoms with Crippen LogP contribution in [0, 0.1) is 0 Å². The zero-order valence-corrected chi connectivity index (χ0v) is 40.5. The molecule has 2 aromatic heterocycles. The molecule has 2 heteroatoms. The summed E-state index contributed by atoms with van der Waals surface area (Å²) in [4.78, 5) is 3.03. The summed E-state index contributed by atoms with van der Waals surface area (Å²) in [6.45, 7) is 36.0. The molecule has 58 heavy (non-hydrogen) atoms. The highest BCUT2D eigenvalue weighted by Gasteiger charge is 2.12. The van der Waals surface area contributed by atoms with E-state index in [1.807, 2.05) is 22.7 Å². The number of fused-ring (bicyclic) bond motifs is 3. The van der Waals surface area contributed by atoms with Crippen molar-refractivity contribution in [1.82, 2.24) is 0 Å². The van der Waals surface area contributed by atoms with Crippen molar-refractivity contribution in [1.29, 1.82) is 0 Å². The Morgan fingerprint density at radius 2 is 0.603 bits per heavy atom. The molecule has 0 radical (unpaired) electrons. The van der Waals surface area contributed by atoms with Crippen molar-refractivity contribution in [3.63, 3.8) is 0 Å². The van der Waals surface area contributed by atoms with Crippen LogP contribution in [0.3, 0.4) is 0 Å². The van der Waals surface area contributed by atoms with Gasteiger partial charge in [0.1, 0.15) is 0 Å². The smallest absolute Gasteiger partial charge is 0.0456 e. The molecule has 5 aromatic carbocycles. The third kappa shape index (κ3) is 12.6. The van der Waals surface area contributed by atoms with E-state index in [0.717, 1.165) is 0 Å². The first kappa shape index (κ1) is 47.0. The van der Waals surface area contributed by atoms with Crippen molar-refractivity contribution >= 4 is 53.6 Å². The van der Waals surface area contributed by atoms with Gasteiger partial charge in [-0.15, -0.1) is 22.7 Å². The SMILES string of the molecule is CC(C)c1cc2sc(C(C)C)cc2s1.CC(C)c1ccc(C(C)C)c2ccccc12.CC(C)c1ccc(C(C)C)cc1.CC(C)c1ccc2cc(C(C)C)ccc2c1. The van der Waals surface area contributed by atoms with Crippen LogP contribution in [0.2, 0.25) is 0 Å². The fourth-order valence-corrected chi connectivity index (χ4v) is 9.48. The lowest BCUT2D eigenvalue weighted by atomic mass is 9.89. The maximum atomic E-state index is 2.36. The lowest BCUT2D eigenvalue weighted by molar-refractivity contribution is 0.845. The van der Waals surface area contributed by atoms with Crippen LogP contribution in [-0.2, 0) is 0 Å². The molecule has 7 rings (SSSR count). The van der Waals surface area contributed by atoms with E-state index in [1.54, 1.807) is 0 Å². The standard InChI is InChI=1S/2C16H20.C12H16S2.C12H18/c1-11(2)13-5-7-16-10-14(12(3)4)6-8-15(16)9-13;1-11(2)13-9-10-14(12(3)4)16-8-6-5-7-15(13)16;1-7(2)9-5-11-12(13-9)6-10(14-11)8(3)4;1-9(2)11-5-7-12(8-6-11)10(3)4/h2*5-12H,1-4H3;5-8H,1-4H3;5-10H,1-4H3. The van der Waals surface area contributed by atoms with E-state index in [-0.39, 0.29) is 0 Å². The molecule has 0 bridgehead atoms. The third-order valence-corrected chi connectivity index (χ3v) is 14.0. The van der Waals surface area contributed by atoms with Crippen molar-refractivity contribution in [2.75, 3.05) is 0 Å². The highest BCUT2D eigenvalue weighted by molar-refractivity contribution is 7.27. The van der Waals surface area contributed by atoms with E-state index in [2.05, 4.69) is 220 Å². The molecule has 0 spiro atoms. The molecule has 0 aliphatic heterocycles. The lowest BCUT2D eigenvalue weighted by Gasteiger charge is -2.15. The van der Waals surface area contributed by atoms with E-state index >= 15 is 0 Å². The predicted octanol–water partition coefficient (Wildman–Crippen LogP) is 19.3. The Hall–Kier alpha value is -3.72. The van der Waals surface area contributed by atoms with Crippen LogP contribution in [0.25, 0.3) is 30.9 Å². The van der Waals surface area contributed by atoms with Crippen LogP contribution in [-0.4, -0.2) is 0 Å². The molecule has 0 atom stereocenters. The Morgan fingerprint density at radius 3 is 0.879 bits per heavy atom. The summed E-state index contributed by atoms with van der Waals surface area (Å²) in [7, 11) is 0. The van der Waals surface area contributed by atoms with Gasteiger partial charge in [0.2, 0.25) is 0 Å². The third-order valence-electron chi connectivity index (χ3n) is 11.1. The topological polar surface area (TPSA) is 0 Å². The monoisotopic (exact) mass is 811 g/mol. The second-order valence-electron chi connectivity index (χ2n) is 18.6. The van der Waals surface area contributed by atoms with E-state index < -0.39 is 0 Å². The summed E-state index contributed by atoms with van der Waals surface area (Å²) in [5.41, 5.74) is 8.62. The van der Waals surface area contributed by atoms with Gasteiger partial charge in [0, 0.05) is 19.2 Å². The average molecular weight is 811 g/mol. The van der Waals surface area contributed by atoms with Gasteiger partial charge in [-0.05, 0) is 114 Å². The Labute approximate surface area is 362 Å². The fraction of sp³-hybridized carbons (Fsp3) is 0.429. The fourth-order valence-electron chi connectivity index (χ4n) is 7.06. The normalized spacial score (nSPS) is 11.7.